The number of halogens is 3. The van der Waals surface area contributed by atoms with Gasteiger partial charge >= 0.3 is 6.18 Å². The van der Waals surface area contributed by atoms with E-state index in [9.17, 15) is 18.0 Å². The van der Waals surface area contributed by atoms with Gasteiger partial charge in [0.2, 0.25) is 0 Å². The molecule has 0 saturated carbocycles. The molecular formula is C37H36F3N3O2S. The third-order valence-electron chi connectivity index (χ3n) is 7.47. The van der Waals surface area contributed by atoms with Gasteiger partial charge in [0.15, 0.2) is 0 Å². The molecule has 1 N–H and O–H groups in total. The van der Waals surface area contributed by atoms with Gasteiger partial charge in [-0.05, 0) is 60.2 Å². The summed E-state index contributed by atoms with van der Waals surface area (Å²) in [7, 11) is 0. The molecule has 0 bridgehead atoms. The lowest BCUT2D eigenvalue weighted by atomic mass is 10.1. The second kappa shape index (κ2) is 15.7. The van der Waals surface area contributed by atoms with Gasteiger partial charge in [-0.15, -0.1) is 11.3 Å². The summed E-state index contributed by atoms with van der Waals surface area (Å²) >= 11 is 1.37. The van der Waals surface area contributed by atoms with Crippen LogP contribution in [0.2, 0.25) is 0 Å². The smallest absolute Gasteiger partial charge is 0.416 e. The number of carbonyl (C=O) groups is 1. The number of alkyl halides is 3. The lowest BCUT2D eigenvalue weighted by Crippen LogP contribution is -2.33. The zero-order valence-electron chi connectivity index (χ0n) is 25.5. The fourth-order valence-electron chi connectivity index (χ4n) is 5.04. The first-order valence-electron chi connectivity index (χ1n) is 15.1. The van der Waals surface area contributed by atoms with Crippen LogP contribution in [0.3, 0.4) is 0 Å². The van der Waals surface area contributed by atoms with Gasteiger partial charge in [0.1, 0.15) is 23.1 Å². The first-order valence-corrected chi connectivity index (χ1v) is 16.0. The van der Waals surface area contributed by atoms with Gasteiger partial charge in [0, 0.05) is 24.5 Å². The Labute approximate surface area is 271 Å². The van der Waals surface area contributed by atoms with Gasteiger partial charge in [0.05, 0.1) is 12.1 Å². The molecule has 46 heavy (non-hydrogen) atoms. The molecule has 0 aliphatic rings. The third kappa shape index (κ3) is 10.0. The third-order valence-corrected chi connectivity index (χ3v) is 8.30. The molecule has 1 amide bonds. The Kier molecular flexibility index (Phi) is 11.2. The van der Waals surface area contributed by atoms with Crippen LogP contribution < -0.4 is 10.1 Å². The van der Waals surface area contributed by atoms with Crippen molar-refractivity contribution in [3.63, 3.8) is 0 Å². The maximum atomic E-state index is 13.4. The highest BCUT2D eigenvalue weighted by molar-refractivity contribution is 7.09. The molecule has 0 fully saturated rings. The van der Waals surface area contributed by atoms with Crippen molar-refractivity contribution in [2.75, 3.05) is 0 Å². The van der Waals surface area contributed by atoms with Gasteiger partial charge in [-0.25, -0.2) is 4.98 Å². The second-order valence-corrected chi connectivity index (χ2v) is 12.2. The normalized spacial score (nSPS) is 12.2. The molecule has 0 aliphatic carbocycles. The summed E-state index contributed by atoms with van der Waals surface area (Å²) < 4.78 is 46.2. The number of ether oxygens (including phenoxy) is 1. The van der Waals surface area contributed by atoms with E-state index in [1.807, 2.05) is 84.6 Å². The fourth-order valence-corrected chi connectivity index (χ4v) is 5.85. The number of aromatic nitrogens is 1. The van der Waals surface area contributed by atoms with E-state index in [1.54, 1.807) is 11.4 Å². The minimum Gasteiger partial charge on any atom is -0.489 e. The number of nitrogens with one attached hydrogen (secondary N) is 1. The summed E-state index contributed by atoms with van der Waals surface area (Å²) in [6, 6.07) is 33.1. The van der Waals surface area contributed by atoms with Crippen LogP contribution >= 0.6 is 11.3 Å². The molecule has 0 saturated heterocycles. The average molecular weight is 644 g/mol. The van der Waals surface area contributed by atoms with Crippen molar-refractivity contribution in [3.8, 4) is 5.75 Å². The number of carbonyl (C=O) groups excluding carboxylic acids is 1. The molecule has 0 aliphatic heterocycles. The number of aryl methyl sites for hydroxylation is 1. The average Bonchev–Trinajstić information content (AvgIpc) is 3.53. The zero-order chi connectivity index (χ0) is 32.4. The van der Waals surface area contributed by atoms with Crippen LogP contribution in [0.4, 0.5) is 13.2 Å². The lowest BCUT2D eigenvalue weighted by Gasteiger charge is -2.22. The molecule has 5 nitrogen and oxygen atoms in total. The van der Waals surface area contributed by atoms with Crippen LogP contribution in [-0.4, -0.2) is 21.8 Å². The molecule has 4 aromatic carbocycles. The molecule has 238 valence electrons. The molecular weight excluding hydrogens is 607 g/mol. The molecule has 1 atom stereocenters. The largest absolute Gasteiger partial charge is 0.489 e. The van der Waals surface area contributed by atoms with Gasteiger partial charge in [-0.1, -0.05) is 91.0 Å². The van der Waals surface area contributed by atoms with E-state index < -0.39 is 11.7 Å². The van der Waals surface area contributed by atoms with Gasteiger partial charge in [0.25, 0.3) is 5.91 Å². The molecule has 0 radical (unpaired) electrons. The zero-order valence-corrected chi connectivity index (χ0v) is 26.4. The van der Waals surface area contributed by atoms with Gasteiger partial charge in [-0.3, -0.25) is 9.69 Å². The van der Waals surface area contributed by atoms with Crippen molar-refractivity contribution in [1.29, 1.82) is 0 Å². The van der Waals surface area contributed by atoms with E-state index in [0.717, 1.165) is 35.8 Å². The predicted molar refractivity (Wildman–Crippen MR) is 175 cm³/mol. The lowest BCUT2D eigenvalue weighted by molar-refractivity contribution is -0.137. The molecule has 1 aromatic heterocycles. The van der Waals surface area contributed by atoms with Crippen molar-refractivity contribution in [2.24, 2.45) is 0 Å². The van der Waals surface area contributed by atoms with E-state index in [-0.39, 0.29) is 18.5 Å². The molecule has 1 unspecified atom stereocenters. The first-order chi connectivity index (χ1) is 22.2. The van der Waals surface area contributed by atoms with Crippen molar-refractivity contribution >= 4 is 17.2 Å². The molecule has 5 aromatic rings. The van der Waals surface area contributed by atoms with Crippen LogP contribution in [0, 0.1) is 0 Å². The van der Waals surface area contributed by atoms with Crippen molar-refractivity contribution in [2.45, 2.75) is 58.2 Å². The highest BCUT2D eigenvalue weighted by Crippen LogP contribution is 2.30. The monoisotopic (exact) mass is 643 g/mol. The summed E-state index contributed by atoms with van der Waals surface area (Å²) in [5.41, 5.74) is 3.46. The van der Waals surface area contributed by atoms with E-state index in [1.165, 1.54) is 29.0 Å². The number of rotatable bonds is 14. The summed E-state index contributed by atoms with van der Waals surface area (Å²) in [6.45, 7) is 3.53. The van der Waals surface area contributed by atoms with Crippen molar-refractivity contribution in [1.82, 2.24) is 15.2 Å². The van der Waals surface area contributed by atoms with Crippen LogP contribution in [0.5, 0.6) is 5.75 Å². The van der Waals surface area contributed by atoms with Crippen LogP contribution in [-0.2, 0) is 38.8 Å². The fraction of sp³-hybridized carbons (Fsp3) is 0.243. The number of amides is 1. The van der Waals surface area contributed by atoms with E-state index in [2.05, 4.69) is 22.4 Å². The number of nitrogens with zero attached hydrogens (tertiary/aromatic N) is 2. The number of thiazole rings is 1. The van der Waals surface area contributed by atoms with E-state index >= 15 is 0 Å². The van der Waals surface area contributed by atoms with E-state index in [0.29, 0.717) is 36.0 Å². The van der Waals surface area contributed by atoms with Crippen LogP contribution in [0.1, 0.15) is 56.7 Å². The Bertz CT molecular complexity index is 1680. The minimum atomic E-state index is -4.42. The summed E-state index contributed by atoms with van der Waals surface area (Å²) in [6.07, 6.45) is -2.77. The Balaban J connectivity index is 1.24. The molecule has 1 heterocycles. The number of benzene rings is 4. The Morgan fingerprint density at radius 1 is 0.826 bits per heavy atom. The topological polar surface area (TPSA) is 54.5 Å². The SMILES string of the molecule is CC(CCc1ccccc1)NC(=O)c1csc(CN(Cc2ccc(OCc3ccccc3)cc2)Cc2cccc(C(F)(F)F)c2)n1. The highest BCUT2D eigenvalue weighted by Gasteiger charge is 2.30. The molecule has 5 rings (SSSR count). The van der Waals surface area contributed by atoms with Crippen LogP contribution in [0.25, 0.3) is 0 Å². The molecule has 0 spiro atoms. The number of hydrogen-bond donors (Lipinski definition) is 1. The number of hydrogen-bond acceptors (Lipinski definition) is 5. The maximum absolute atomic E-state index is 13.4. The van der Waals surface area contributed by atoms with E-state index in [4.69, 9.17) is 4.74 Å². The summed E-state index contributed by atoms with van der Waals surface area (Å²) in [4.78, 5) is 19.6. The second-order valence-electron chi connectivity index (χ2n) is 11.3. The van der Waals surface area contributed by atoms with Gasteiger partial charge < -0.3 is 10.1 Å². The Morgan fingerprint density at radius 3 is 2.17 bits per heavy atom. The first kappa shape index (κ1) is 32.9. The Hall–Kier alpha value is -4.47. The summed E-state index contributed by atoms with van der Waals surface area (Å²) in [5.74, 6) is 0.490. The quantitative estimate of drug-likeness (QED) is 0.132. The van der Waals surface area contributed by atoms with Crippen molar-refractivity contribution < 1.29 is 22.7 Å². The predicted octanol–water partition coefficient (Wildman–Crippen LogP) is 8.69. The molecule has 9 heteroatoms. The maximum Gasteiger partial charge on any atom is 0.416 e. The standard InChI is InChI=1S/C37H36F3N3O2S/c1-27(15-16-28-9-4-2-5-10-28)41-36(44)34-26-46-35(42-34)24-43(23-31-13-8-14-32(21-31)37(38,39)40)22-29-17-19-33(20-18-29)45-25-30-11-6-3-7-12-30/h2-14,17-21,26-27H,15-16,22-25H2,1H3,(H,41,44). The summed E-state index contributed by atoms with van der Waals surface area (Å²) in [5, 5.41) is 5.47. The highest BCUT2D eigenvalue weighted by atomic mass is 32.1. The van der Waals surface area contributed by atoms with Crippen molar-refractivity contribution in [3.05, 3.63) is 153 Å². The van der Waals surface area contributed by atoms with Gasteiger partial charge in [-0.2, -0.15) is 13.2 Å². The van der Waals surface area contributed by atoms with Crippen LogP contribution in [0.15, 0.2) is 115 Å². The Morgan fingerprint density at radius 2 is 1.48 bits per heavy atom. The minimum absolute atomic E-state index is 0.0325.